The van der Waals surface area contributed by atoms with Crippen molar-refractivity contribution in [3.63, 3.8) is 0 Å². The molecular formula is C17H21BrN2O. The van der Waals surface area contributed by atoms with E-state index < -0.39 is 0 Å². The predicted octanol–water partition coefficient (Wildman–Crippen LogP) is 4.73. The highest BCUT2D eigenvalue weighted by Crippen LogP contribution is 2.33. The van der Waals surface area contributed by atoms with Gasteiger partial charge in [-0.15, -0.1) is 0 Å². The Bertz CT molecular complexity index is 596. The first-order chi connectivity index (χ1) is 10.3. The fraction of sp³-hybridized carbons (Fsp3) is 0.471. The van der Waals surface area contributed by atoms with E-state index in [0.29, 0.717) is 6.04 Å². The van der Waals surface area contributed by atoms with Crippen molar-refractivity contribution < 1.29 is 4.52 Å². The quantitative estimate of drug-likeness (QED) is 0.782. The molecule has 3 nitrogen and oxygen atoms in total. The average molecular weight is 349 g/mol. The van der Waals surface area contributed by atoms with Gasteiger partial charge in [0, 0.05) is 23.5 Å². The molecule has 1 aliphatic rings. The summed E-state index contributed by atoms with van der Waals surface area (Å²) in [7, 11) is 0. The van der Waals surface area contributed by atoms with Crippen molar-refractivity contribution in [2.24, 2.45) is 0 Å². The summed E-state index contributed by atoms with van der Waals surface area (Å²) in [6.45, 7) is 4.27. The first kappa shape index (κ1) is 14.8. The zero-order chi connectivity index (χ0) is 14.7. The second-order valence-corrected chi connectivity index (χ2v) is 6.64. The normalized spacial score (nSPS) is 19.2. The minimum absolute atomic E-state index is 0.401. The Kier molecular flexibility index (Phi) is 4.76. The topological polar surface area (TPSA) is 29.3 Å². The van der Waals surface area contributed by atoms with Gasteiger partial charge in [-0.25, -0.2) is 0 Å². The van der Waals surface area contributed by atoms with Gasteiger partial charge >= 0.3 is 0 Å². The second-order valence-electron chi connectivity index (χ2n) is 5.73. The molecule has 0 radical (unpaired) electrons. The fourth-order valence-corrected chi connectivity index (χ4v) is 3.52. The Morgan fingerprint density at radius 1 is 1.38 bits per heavy atom. The molecule has 0 unspecified atom stereocenters. The van der Waals surface area contributed by atoms with Crippen molar-refractivity contribution in [2.75, 3.05) is 6.54 Å². The van der Waals surface area contributed by atoms with E-state index in [1.807, 2.05) is 0 Å². The highest BCUT2D eigenvalue weighted by molar-refractivity contribution is 9.10. The van der Waals surface area contributed by atoms with Crippen molar-refractivity contribution in [2.45, 2.75) is 45.2 Å². The first-order valence-electron chi connectivity index (χ1n) is 7.70. The number of benzene rings is 1. The summed E-state index contributed by atoms with van der Waals surface area (Å²) < 4.78 is 6.59. The smallest absolute Gasteiger partial charge is 0.137 e. The lowest BCUT2D eigenvalue weighted by Crippen LogP contribution is -2.22. The largest absolute Gasteiger partial charge is 0.361 e. The lowest BCUT2D eigenvalue weighted by Gasteiger charge is -2.22. The van der Waals surface area contributed by atoms with Crippen molar-refractivity contribution in [3.8, 4) is 0 Å². The molecule has 0 amide bonds. The highest BCUT2D eigenvalue weighted by atomic mass is 79.9. The van der Waals surface area contributed by atoms with E-state index in [1.165, 1.54) is 18.4 Å². The van der Waals surface area contributed by atoms with Crippen LogP contribution >= 0.6 is 15.9 Å². The molecule has 1 atom stereocenters. The zero-order valence-electron chi connectivity index (χ0n) is 12.4. The monoisotopic (exact) mass is 348 g/mol. The van der Waals surface area contributed by atoms with Gasteiger partial charge in [0.1, 0.15) is 11.5 Å². The van der Waals surface area contributed by atoms with E-state index in [-0.39, 0.29) is 0 Å². The van der Waals surface area contributed by atoms with Crippen LogP contribution in [0.5, 0.6) is 0 Å². The van der Waals surface area contributed by atoms with E-state index in [2.05, 4.69) is 63.2 Å². The number of hydrogen-bond donors (Lipinski definition) is 0. The summed E-state index contributed by atoms with van der Waals surface area (Å²) in [6, 6.07) is 11.1. The average Bonchev–Trinajstić information content (AvgIpc) is 3.08. The molecule has 0 saturated carbocycles. The van der Waals surface area contributed by atoms with Gasteiger partial charge in [0.05, 0.1) is 6.04 Å². The molecule has 1 fully saturated rings. The Labute approximate surface area is 134 Å². The molecular weight excluding hydrogens is 328 g/mol. The van der Waals surface area contributed by atoms with Crippen LogP contribution in [-0.4, -0.2) is 16.6 Å². The summed E-state index contributed by atoms with van der Waals surface area (Å²) in [5.41, 5.74) is 2.44. The molecule has 0 aliphatic carbocycles. The number of rotatable bonds is 5. The van der Waals surface area contributed by atoms with Gasteiger partial charge < -0.3 is 4.52 Å². The molecule has 4 heteroatoms. The Hall–Kier alpha value is -1.13. The molecule has 1 aromatic carbocycles. The molecule has 0 bridgehead atoms. The molecule has 21 heavy (non-hydrogen) atoms. The molecule has 3 rings (SSSR count). The van der Waals surface area contributed by atoms with Crippen LogP contribution in [0.4, 0.5) is 0 Å². The van der Waals surface area contributed by atoms with Crippen molar-refractivity contribution in [1.29, 1.82) is 0 Å². The maximum atomic E-state index is 5.45. The molecule has 2 heterocycles. The molecule has 1 aliphatic heterocycles. The summed E-state index contributed by atoms with van der Waals surface area (Å²) in [5.74, 6) is 1.02. The van der Waals surface area contributed by atoms with Crippen molar-refractivity contribution in [1.82, 2.24) is 10.1 Å². The van der Waals surface area contributed by atoms with Crippen LogP contribution in [-0.2, 0) is 13.0 Å². The fourth-order valence-electron chi connectivity index (χ4n) is 3.07. The summed E-state index contributed by atoms with van der Waals surface area (Å²) >= 11 is 3.55. The van der Waals surface area contributed by atoms with Gasteiger partial charge in [0.2, 0.25) is 0 Å². The minimum Gasteiger partial charge on any atom is -0.361 e. The van der Waals surface area contributed by atoms with E-state index in [4.69, 9.17) is 4.52 Å². The van der Waals surface area contributed by atoms with Crippen LogP contribution in [0.3, 0.4) is 0 Å². The van der Waals surface area contributed by atoms with E-state index in [9.17, 15) is 0 Å². The molecule has 1 aromatic heterocycles. The van der Waals surface area contributed by atoms with Crippen LogP contribution in [0.2, 0.25) is 0 Å². The third kappa shape index (κ3) is 3.55. The molecule has 112 valence electrons. The van der Waals surface area contributed by atoms with Crippen molar-refractivity contribution in [3.05, 3.63) is 51.8 Å². The van der Waals surface area contributed by atoms with Crippen LogP contribution < -0.4 is 0 Å². The number of likely N-dealkylation sites (tertiary alicyclic amines) is 1. The number of aryl methyl sites for hydroxylation is 1. The molecule has 0 N–H and O–H groups in total. The summed E-state index contributed by atoms with van der Waals surface area (Å²) in [4.78, 5) is 2.51. The predicted molar refractivity (Wildman–Crippen MR) is 87.0 cm³/mol. The maximum Gasteiger partial charge on any atom is 0.137 e. The zero-order valence-corrected chi connectivity index (χ0v) is 14.0. The van der Waals surface area contributed by atoms with Gasteiger partial charge in [-0.3, -0.25) is 4.90 Å². The maximum absolute atomic E-state index is 5.45. The Morgan fingerprint density at radius 2 is 2.29 bits per heavy atom. The van der Waals surface area contributed by atoms with Crippen LogP contribution in [0.25, 0.3) is 0 Å². The van der Waals surface area contributed by atoms with Gasteiger partial charge in [-0.05, 0) is 43.5 Å². The molecule has 0 spiro atoms. The lowest BCUT2D eigenvalue weighted by molar-refractivity contribution is 0.236. The second kappa shape index (κ2) is 6.75. The number of aromatic nitrogens is 1. The van der Waals surface area contributed by atoms with E-state index in [1.54, 1.807) is 0 Å². The minimum atomic E-state index is 0.401. The van der Waals surface area contributed by atoms with Crippen LogP contribution in [0, 0.1) is 0 Å². The van der Waals surface area contributed by atoms with E-state index in [0.717, 1.165) is 41.9 Å². The molecule has 1 saturated heterocycles. The summed E-state index contributed by atoms with van der Waals surface area (Å²) in [5, 5.41) is 4.30. The first-order valence-corrected chi connectivity index (χ1v) is 8.49. The Balaban J connectivity index is 1.72. The number of hydrogen-bond acceptors (Lipinski definition) is 3. The van der Waals surface area contributed by atoms with Gasteiger partial charge in [0.25, 0.3) is 0 Å². The lowest BCUT2D eigenvalue weighted by atomic mass is 10.1. The van der Waals surface area contributed by atoms with Crippen LogP contribution in [0.15, 0.2) is 39.3 Å². The molecule has 2 aromatic rings. The number of halogens is 1. The van der Waals surface area contributed by atoms with Gasteiger partial charge in [-0.1, -0.05) is 40.1 Å². The van der Waals surface area contributed by atoms with Crippen molar-refractivity contribution >= 4 is 15.9 Å². The van der Waals surface area contributed by atoms with E-state index >= 15 is 0 Å². The third-order valence-electron chi connectivity index (χ3n) is 4.05. The SMILES string of the molecule is CCCc1cc([C@@H]2CCCN2Cc2cccc(Br)c2)no1. The van der Waals surface area contributed by atoms with Gasteiger partial charge in [0.15, 0.2) is 0 Å². The van der Waals surface area contributed by atoms with Crippen LogP contribution in [0.1, 0.15) is 49.2 Å². The standard InChI is InChI=1S/C17H21BrN2O/c1-2-5-15-11-16(19-21-15)17-8-4-9-20(17)12-13-6-3-7-14(18)10-13/h3,6-7,10-11,17H,2,4-5,8-9,12H2,1H3/t17-/m0/s1. The highest BCUT2D eigenvalue weighted by Gasteiger charge is 2.28. The number of nitrogens with zero attached hydrogens (tertiary/aromatic N) is 2. The van der Waals surface area contributed by atoms with Gasteiger partial charge in [-0.2, -0.15) is 0 Å². The summed E-state index contributed by atoms with van der Waals surface area (Å²) in [6.07, 6.45) is 4.48. The third-order valence-corrected chi connectivity index (χ3v) is 4.55. The Morgan fingerprint density at radius 3 is 3.10 bits per heavy atom.